The van der Waals surface area contributed by atoms with Gasteiger partial charge < -0.3 is 13.3 Å². The van der Waals surface area contributed by atoms with Gasteiger partial charge in [-0.3, -0.25) is 0 Å². The Bertz CT molecular complexity index is 323. The Labute approximate surface area is 155 Å². The molecule has 0 aliphatic carbocycles. The third-order valence-electron chi connectivity index (χ3n) is 4.75. The molecule has 0 N–H and O–H groups in total. The summed E-state index contributed by atoms with van der Waals surface area (Å²) in [6, 6.07) is 0.915. The highest BCUT2D eigenvalue weighted by Crippen LogP contribution is 2.18. The lowest BCUT2D eigenvalue weighted by Gasteiger charge is -2.24. The second kappa shape index (κ2) is 18.3. The number of hydrogen-bond donors (Lipinski definition) is 0. The van der Waals surface area contributed by atoms with Crippen molar-refractivity contribution in [3.05, 3.63) is 0 Å². The van der Waals surface area contributed by atoms with Crippen molar-refractivity contribution < 1.29 is 18.1 Å². The molecule has 5 nitrogen and oxygen atoms in total. The first-order chi connectivity index (χ1) is 12.2. The Morgan fingerprint density at radius 3 is 1.36 bits per heavy atom. The Hall–Kier alpha value is -0.523. The first-order valence-electron chi connectivity index (χ1n) is 9.93. The van der Waals surface area contributed by atoms with Crippen molar-refractivity contribution >= 4 is 14.9 Å². The molecule has 0 aromatic rings. The number of rotatable bonds is 19. The average molecular weight is 374 g/mol. The van der Waals surface area contributed by atoms with Gasteiger partial charge >= 0.3 is 8.80 Å². The number of hydrogen-bond acceptors (Lipinski definition) is 5. The molecule has 148 valence electrons. The molecule has 25 heavy (non-hydrogen) atoms. The third-order valence-corrected chi connectivity index (χ3v) is 7.58. The molecule has 0 radical (unpaired) electrons. The van der Waals surface area contributed by atoms with Gasteiger partial charge in [0.05, 0.1) is 6.54 Å². The second-order valence-corrected chi connectivity index (χ2v) is 9.71. The molecule has 0 aromatic heterocycles. The SMILES string of the molecule is CO[Si](CCCCCCCCCCCCCCCN=C=O)(OC)OC. The molecule has 0 rings (SSSR count). The van der Waals surface area contributed by atoms with Crippen molar-refractivity contribution in [3.63, 3.8) is 0 Å². The summed E-state index contributed by atoms with van der Waals surface area (Å²) in [7, 11) is 2.70. The van der Waals surface area contributed by atoms with Gasteiger partial charge in [0.2, 0.25) is 6.08 Å². The van der Waals surface area contributed by atoms with E-state index >= 15 is 0 Å². The molecule has 0 amide bonds. The van der Waals surface area contributed by atoms with Crippen LogP contribution in [0.2, 0.25) is 6.04 Å². The molecule has 0 aliphatic heterocycles. The highest BCUT2D eigenvalue weighted by Gasteiger charge is 2.36. The van der Waals surface area contributed by atoms with Crippen LogP contribution < -0.4 is 0 Å². The Morgan fingerprint density at radius 1 is 0.640 bits per heavy atom. The van der Waals surface area contributed by atoms with Crippen LogP contribution in [-0.2, 0) is 18.1 Å². The van der Waals surface area contributed by atoms with E-state index < -0.39 is 8.80 Å². The van der Waals surface area contributed by atoms with E-state index in [-0.39, 0.29) is 0 Å². The van der Waals surface area contributed by atoms with Crippen LogP contribution in [0, 0.1) is 0 Å². The fraction of sp³-hybridized carbons (Fsp3) is 0.947. The van der Waals surface area contributed by atoms with Crippen LogP contribution in [-0.4, -0.2) is 42.8 Å². The first-order valence-corrected chi connectivity index (χ1v) is 11.9. The van der Waals surface area contributed by atoms with Gasteiger partial charge in [-0.25, -0.2) is 9.79 Å². The zero-order valence-electron chi connectivity index (χ0n) is 16.7. The molecular formula is C19H39NO4Si. The Morgan fingerprint density at radius 2 is 1.00 bits per heavy atom. The van der Waals surface area contributed by atoms with Crippen molar-refractivity contribution in [2.75, 3.05) is 27.9 Å². The highest BCUT2D eigenvalue weighted by molar-refractivity contribution is 6.60. The van der Waals surface area contributed by atoms with E-state index in [0.29, 0.717) is 6.54 Å². The largest absolute Gasteiger partial charge is 0.500 e. The topological polar surface area (TPSA) is 57.1 Å². The summed E-state index contributed by atoms with van der Waals surface area (Å²) in [4.78, 5) is 13.5. The number of isocyanates is 1. The molecule has 0 aliphatic rings. The van der Waals surface area contributed by atoms with Crippen LogP contribution in [0.4, 0.5) is 0 Å². The van der Waals surface area contributed by atoms with E-state index in [0.717, 1.165) is 18.9 Å². The van der Waals surface area contributed by atoms with Crippen molar-refractivity contribution in [3.8, 4) is 0 Å². The van der Waals surface area contributed by atoms with E-state index in [1.165, 1.54) is 70.6 Å². The molecule has 0 heterocycles. The zero-order chi connectivity index (χ0) is 18.6. The quantitative estimate of drug-likeness (QED) is 0.134. The first kappa shape index (κ1) is 24.5. The van der Waals surface area contributed by atoms with Gasteiger partial charge in [0.15, 0.2) is 0 Å². The van der Waals surface area contributed by atoms with E-state index in [4.69, 9.17) is 13.3 Å². The molecule has 0 atom stereocenters. The van der Waals surface area contributed by atoms with Gasteiger partial charge in [0.25, 0.3) is 0 Å². The summed E-state index contributed by atoms with van der Waals surface area (Å²) < 4.78 is 16.3. The maximum Gasteiger partial charge on any atom is 0.500 e. The van der Waals surface area contributed by atoms with Gasteiger partial charge in [-0.15, -0.1) is 0 Å². The highest BCUT2D eigenvalue weighted by atomic mass is 28.4. The maximum atomic E-state index is 9.91. The summed E-state index contributed by atoms with van der Waals surface area (Å²) in [5.41, 5.74) is 0. The summed E-state index contributed by atoms with van der Waals surface area (Å²) in [5, 5.41) is 0. The Balaban J connectivity index is 3.25. The van der Waals surface area contributed by atoms with Gasteiger partial charge in [-0.2, -0.15) is 0 Å². The van der Waals surface area contributed by atoms with Crippen LogP contribution in [0.5, 0.6) is 0 Å². The number of nitrogens with zero attached hydrogens (tertiary/aromatic N) is 1. The van der Waals surface area contributed by atoms with Crippen LogP contribution >= 0.6 is 0 Å². The minimum absolute atomic E-state index is 0.648. The normalized spacial score (nSPS) is 11.5. The Kier molecular flexibility index (Phi) is 17.9. The molecule has 0 bridgehead atoms. The van der Waals surface area contributed by atoms with Crippen LogP contribution in [0.3, 0.4) is 0 Å². The summed E-state index contributed by atoms with van der Waals surface area (Å²) in [6.07, 6.45) is 18.1. The smallest absolute Gasteiger partial charge is 0.377 e. The molecule has 0 aromatic carbocycles. The van der Waals surface area contributed by atoms with Gasteiger partial charge in [-0.05, 0) is 12.8 Å². The van der Waals surface area contributed by atoms with E-state index in [1.54, 1.807) is 27.4 Å². The lowest BCUT2D eigenvalue weighted by atomic mass is 10.0. The fourth-order valence-electron chi connectivity index (χ4n) is 3.08. The van der Waals surface area contributed by atoms with Crippen molar-refractivity contribution in [1.82, 2.24) is 0 Å². The monoisotopic (exact) mass is 373 g/mol. The number of aliphatic imine (C=N–C) groups is 1. The minimum Gasteiger partial charge on any atom is -0.377 e. The van der Waals surface area contributed by atoms with Crippen LogP contribution in [0.1, 0.15) is 83.5 Å². The second-order valence-electron chi connectivity index (χ2n) is 6.61. The lowest BCUT2D eigenvalue weighted by Crippen LogP contribution is -2.42. The van der Waals surface area contributed by atoms with Crippen LogP contribution in [0.15, 0.2) is 4.99 Å². The summed E-state index contributed by atoms with van der Waals surface area (Å²) >= 11 is 0. The molecule has 0 saturated carbocycles. The van der Waals surface area contributed by atoms with Crippen molar-refractivity contribution in [2.24, 2.45) is 4.99 Å². The molecule has 0 fully saturated rings. The molecular weight excluding hydrogens is 334 g/mol. The summed E-state index contributed by atoms with van der Waals surface area (Å²) in [6.45, 7) is 0.648. The predicted octanol–water partition coefficient (Wildman–Crippen LogP) is 5.27. The minimum atomic E-state index is -2.35. The van der Waals surface area contributed by atoms with E-state index in [2.05, 4.69) is 4.99 Å². The van der Waals surface area contributed by atoms with Gasteiger partial charge in [0.1, 0.15) is 0 Å². The maximum absolute atomic E-state index is 9.91. The third kappa shape index (κ3) is 14.3. The van der Waals surface area contributed by atoms with E-state index in [1.807, 2.05) is 0 Å². The van der Waals surface area contributed by atoms with Gasteiger partial charge in [-0.1, -0.05) is 70.6 Å². The van der Waals surface area contributed by atoms with Crippen LogP contribution in [0.25, 0.3) is 0 Å². The average Bonchev–Trinajstić information content (AvgIpc) is 2.65. The fourth-order valence-corrected chi connectivity index (χ4v) is 4.87. The lowest BCUT2D eigenvalue weighted by molar-refractivity contribution is 0.122. The van der Waals surface area contributed by atoms with E-state index in [9.17, 15) is 4.79 Å². The molecule has 6 heteroatoms. The van der Waals surface area contributed by atoms with Crippen molar-refractivity contribution in [1.29, 1.82) is 0 Å². The molecule has 0 saturated heterocycles. The van der Waals surface area contributed by atoms with Crippen molar-refractivity contribution in [2.45, 2.75) is 89.5 Å². The summed E-state index contributed by atoms with van der Waals surface area (Å²) in [5.74, 6) is 0. The zero-order valence-corrected chi connectivity index (χ0v) is 17.7. The number of carbonyl (C=O) groups excluding carboxylic acids is 1. The standard InChI is InChI=1S/C19H39NO4Si/c1-22-25(23-2,24-3)18-16-14-12-10-8-6-4-5-7-9-11-13-15-17-20-19-21/h4-18H2,1-3H3. The molecule has 0 unspecified atom stereocenters. The van der Waals surface area contributed by atoms with Gasteiger partial charge in [0, 0.05) is 27.4 Å². The molecule has 0 spiro atoms. The number of unbranched alkanes of at least 4 members (excludes halogenated alkanes) is 12. The predicted molar refractivity (Wildman–Crippen MR) is 105 cm³/mol.